The van der Waals surface area contributed by atoms with Crippen LogP contribution in [0.5, 0.6) is 5.75 Å². The van der Waals surface area contributed by atoms with Gasteiger partial charge in [-0.05, 0) is 68.1 Å². The van der Waals surface area contributed by atoms with Crippen molar-refractivity contribution in [1.82, 2.24) is 9.69 Å². The van der Waals surface area contributed by atoms with Crippen LogP contribution in [0.3, 0.4) is 0 Å². The molecule has 0 aliphatic heterocycles. The van der Waals surface area contributed by atoms with Gasteiger partial charge in [-0.15, -0.1) is 0 Å². The Balaban J connectivity index is 1.83. The first-order valence-electron chi connectivity index (χ1n) is 12.3. The Hall–Kier alpha value is -3.92. The molecule has 4 rings (SSSR count). The second-order valence-corrected chi connectivity index (χ2v) is 9.82. The fourth-order valence-corrected chi connectivity index (χ4v) is 5.25. The van der Waals surface area contributed by atoms with E-state index in [9.17, 15) is 14.4 Å². The number of carbonyl (C=O) groups excluding carboxylic acids is 3. The number of hydrogen-bond donors (Lipinski definition) is 3. The molecule has 5 N–H and O–H groups in total. The zero-order valence-electron chi connectivity index (χ0n) is 20.9. The number of nitrogen functional groups attached to an aromatic ring is 1. The second kappa shape index (κ2) is 11.4. The number of aryl methyl sites for hydroxylation is 1. The van der Waals surface area contributed by atoms with E-state index in [1.165, 1.54) is 4.90 Å². The minimum atomic E-state index is -1.01. The van der Waals surface area contributed by atoms with Crippen molar-refractivity contribution < 1.29 is 19.1 Å². The maximum Gasteiger partial charge on any atom is 0.273 e. The first kappa shape index (κ1) is 26.2. The highest BCUT2D eigenvalue weighted by atomic mass is 32.1. The highest BCUT2D eigenvalue weighted by molar-refractivity contribution is 7.09. The Labute approximate surface area is 220 Å². The normalized spacial score (nSPS) is 14.2. The minimum absolute atomic E-state index is 0.0407. The molecule has 1 aromatic heterocycles. The summed E-state index contributed by atoms with van der Waals surface area (Å²) in [6.45, 7) is 4.34. The number of nitrogens with one attached hydrogen (secondary N) is 1. The van der Waals surface area contributed by atoms with Gasteiger partial charge in [-0.25, -0.2) is 0 Å². The van der Waals surface area contributed by atoms with Crippen molar-refractivity contribution >= 4 is 40.6 Å². The molecule has 0 spiro atoms. The molecular weight excluding hydrogens is 490 g/mol. The minimum Gasteiger partial charge on any atom is -0.494 e. The summed E-state index contributed by atoms with van der Waals surface area (Å²) in [6, 6.07) is 13.4. The van der Waals surface area contributed by atoms with Crippen molar-refractivity contribution in [2.45, 2.75) is 51.6 Å². The fraction of sp³-hybridized carbons (Fsp3) is 0.333. The van der Waals surface area contributed by atoms with Crippen LogP contribution in [0, 0.1) is 6.92 Å². The molecule has 9 nitrogen and oxygen atoms in total. The average Bonchev–Trinajstić information content (AvgIpc) is 3.53. The standard InChI is InChI=1S/C27H31N5O4S/c1-3-36-20-14-10-17(11-15-20)23(26(34)30-18-6-4-5-7-18)32(19-12-8-16(2)9-13-19)27(35)24-21(28)22(25(29)33)31-37-24/h8-15,18,23H,3-7,28H2,1-2H3,(H2,29,33)(H,30,34). The van der Waals surface area contributed by atoms with Crippen LogP contribution in [-0.4, -0.2) is 34.7 Å². The molecule has 1 aliphatic carbocycles. The first-order valence-corrected chi connectivity index (χ1v) is 13.1. The summed E-state index contributed by atoms with van der Waals surface area (Å²) < 4.78 is 9.57. The van der Waals surface area contributed by atoms with E-state index >= 15 is 0 Å². The van der Waals surface area contributed by atoms with Crippen molar-refractivity contribution in [3.8, 4) is 5.75 Å². The Morgan fingerprint density at radius 3 is 2.32 bits per heavy atom. The lowest BCUT2D eigenvalue weighted by Gasteiger charge is -2.32. The molecule has 1 atom stereocenters. The van der Waals surface area contributed by atoms with Crippen molar-refractivity contribution in [2.75, 3.05) is 17.2 Å². The molecule has 10 heteroatoms. The molecule has 1 saturated carbocycles. The summed E-state index contributed by atoms with van der Waals surface area (Å²) in [5, 5.41) is 3.14. The van der Waals surface area contributed by atoms with E-state index in [0.29, 0.717) is 23.6 Å². The zero-order valence-corrected chi connectivity index (χ0v) is 21.7. The second-order valence-electron chi connectivity index (χ2n) is 9.04. The van der Waals surface area contributed by atoms with Crippen LogP contribution >= 0.6 is 11.5 Å². The quantitative estimate of drug-likeness (QED) is 0.389. The third-order valence-corrected chi connectivity index (χ3v) is 7.25. The summed E-state index contributed by atoms with van der Waals surface area (Å²) in [4.78, 5) is 41.2. The molecular formula is C27H31N5O4S. The lowest BCUT2D eigenvalue weighted by atomic mass is 10.0. The Morgan fingerprint density at radius 1 is 1.11 bits per heavy atom. The number of aromatic nitrogens is 1. The maximum absolute atomic E-state index is 14.1. The van der Waals surface area contributed by atoms with Crippen LogP contribution in [0.15, 0.2) is 48.5 Å². The van der Waals surface area contributed by atoms with E-state index in [-0.39, 0.29) is 28.2 Å². The Kier molecular flexibility index (Phi) is 8.08. The van der Waals surface area contributed by atoms with Gasteiger partial charge in [-0.1, -0.05) is 42.7 Å². The van der Waals surface area contributed by atoms with E-state index in [4.69, 9.17) is 16.2 Å². The lowest BCUT2D eigenvalue weighted by Crippen LogP contribution is -2.46. The van der Waals surface area contributed by atoms with Crippen LogP contribution in [0.25, 0.3) is 0 Å². The summed E-state index contributed by atoms with van der Waals surface area (Å²) in [7, 11) is 0. The van der Waals surface area contributed by atoms with Gasteiger partial charge in [0, 0.05) is 11.7 Å². The maximum atomic E-state index is 14.1. The Bertz CT molecular complexity index is 1270. The molecule has 37 heavy (non-hydrogen) atoms. The van der Waals surface area contributed by atoms with Gasteiger partial charge >= 0.3 is 0 Å². The third kappa shape index (κ3) is 5.75. The molecule has 0 radical (unpaired) electrons. The number of anilines is 2. The number of nitrogens with two attached hydrogens (primary N) is 2. The van der Waals surface area contributed by atoms with Gasteiger partial charge in [0.2, 0.25) is 5.91 Å². The first-order chi connectivity index (χ1) is 17.8. The third-order valence-electron chi connectivity index (χ3n) is 6.40. The van der Waals surface area contributed by atoms with E-state index in [2.05, 4.69) is 9.69 Å². The largest absolute Gasteiger partial charge is 0.494 e. The highest BCUT2D eigenvalue weighted by Crippen LogP contribution is 2.34. The fourth-order valence-electron chi connectivity index (χ4n) is 4.51. The van der Waals surface area contributed by atoms with Crippen LogP contribution in [0.2, 0.25) is 0 Å². The molecule has 0 saturated heterocycles. The number of benzene rings is 2. The average molecular weight is 522 g/mol. The van der Waals surface area contributed by atoms with E-state index in [1.807, 2.05) is 26.0 Å². The van der Waals surface area contributed by atoms with Gasteiger partial charge in [0.05, 0.1) is 12.3 Å². The number of ether oxygens (including phenoxy) is 1. The summed E-state index contributed by atoms with van der Waals surface area (Å²) in [6.07, 6.45) is 3.88. The SMILES string of the molecule is CCOc1ccc(C(C(=O)NC2CCCC2)N(C(=O)c2snc(C(N)=O)c2N)c2ccc(C)cc2)cc1. The van der Waals surface area contributed by atoms with Crippen LogP contribution in [-0.2, 0) is 4.79 Å². The van der Waals surface area contributed by atoms with Crippen LogP contribution < -0.4 is 26.4 Å². The summed E-state index contributed by atoms with van der Waals surface area (Å²) >= 11 is 0.786. The number of rotatable bonds is 9. The number of carbonyl (C=O) groups is 3. The smallest absolute Gasteiger partial charge is 0.273 e. The van der Waals surface area contributed by atoms with Crippen molar-refractivity contribution in [2.24, 2.45) is 5.73 Å². The molecule has 2 aromatic carbocycles. The number of primary amides is 1. The number of amides is 3. The van der Waals surface area contributed by atoms with Gasteiger partial charge in [-0.3, -0.25) is 19.3 Å². The molecule has 1 heterocycles. The van der Waals surface area contributed by atoms with Gasteiger partial charge in [0.15, 0.2) is 5.69 Å². The number of nitrogens with zero attached hydrogens (tertiary/aromatic N) is 2. The van der Waals surface area contributed by atoms with Gasteiger partial charge < -0.3 is 21.5 Å². The molecule has 1 unspecified atom stereocenters. The van der Waals surface area contributed by atoms with Crippen molar-refractivity contribution in [3.05, 3.63) is 70.2 Å². The monoisotopic (exact) mass is 521 g/mol. The van der Waals surface area contributed by atoms with Crippen molar-refractivity contribution in [1.29, 1.82) is 0 Å². The van der Waals surface area contributed by atoms with Gasteiger partial charge in [-0.2, -0.15) is 4.37 Å². The molecule has 1 aliphatic rings. The lowest BCUT2D eigenvalue weighted by molar-refractivity contribution is -0.123. The van der Waals surface area contributed by atoms with Gasteiger partial charge in [0.25, 0.3) is 11.8 Å². The molecule has 194 valence electrons. The molecule has 1 fully saturated rings. The Morgan fingerprint density at radius 2 is 1.76 bits per heavy atom. The molecule has 0 bridgehead atoms. The van der Waals surface area contributed by atoms with E-state index in [1.54, 1.807) is 36.4 Å². The van der Waals surface area contributed by atoms with Crippen LogP contribution in [0.4, 0.5) is 11.4 Å². The predicted octanol–water partition coefficient (Wildman–Crippen LogP) is 3.98. The predicted molar refractivity (Wildman–Crippen MR) is 144 cm³/mol. The van der Waals surface area contributed by atoms with Gasteiger partial charge in [0.1, 0.15) is 16.7 Å². The van der Waals surface area contributed by atoms with Crippen molar-refractivity contribution in [3.63, 3.8) is 0 Å². The molecule has 3 amide bonds. The topological polar surface area (TPSA) is 141 Å². The summed E-state index contributed by atoms with van der Waals surface area (Å²) in [5.74, 6) is -1.01. The molecule has 3 aromatic rings. The number of hydrogen-bond acceptors (Lipinski definition) is 7. The van der Waals surface area contributed by atoms with E-state index < -0.39 is 17.9 Å². The van der Waals surface area contributed by atoms with E-state index in [0.717, 1.165) is 42.8 Å². The van der Waals surface area contributed by atoms with Crippen LogP contribution in [0.1, 0.15) is 69.9 Å². The summed E-state index contributed by atoms with van der Waals surface area (Å²) in [5.41, 5.74) is 13.4. The zero-order chi connectivity index (χ0) is 26.5. The highest BCUT2D eigenvalue weighted by Gasteiger charge is 2.37.